The first-order valence-corrected chi connectivity index (χ1v) is 9.71. The lowest BCUT2D eigenvalue weighted by atomic mass is 10.1. The third-order valence-electron chi connectivity index (χ3n) is 4.43. The van der Waals surface area contributed by atoms with Crippen molar-refractivity contribution >= 4 is 17.4 Å². The largest absolute Gasteiger partial charge is 0.573 e. The SMILES string of the molecule is CC(C)N(Cc1cccc(-c2ncc(N)cn2)c1)C(=O)Nc1ccc(OC(F)(F)F)cc1. The quantitative estimate of drug-likeness (QED) is 0.553. The number of rotatable bonds is 6. The Morgan fingerprint density at radius 3 is 2.38 bits per heavy atom. The number of hydrogen-bond acceptors (Lipinski definition) is 5. The van der Waals surface area contributed by atoms with Crippen LogP contribution in [0.4, 0.5) is 29.3 Å². The first kappa shape index (κ1) is 22.9. The van der Waals surface area contributed by atoms with Gasteiger partial charge in [0.15, 0.2) is 5.82 Å². The van der Waals surface area contributed by atoms with Crippen LogP contribution in [0, 0.1) is 0 Å². The van der Waals surface area contributed by atoms with E-state index in [0.717, 1.165) is 23.3 Å². The van der Waals surface area contributed by atoms with Gasteiger partial charge in [0.25, 0.3) is 0 Å². The molecule has 0 aliphatic rings. The predicted octanol–water partition coefficient (Wildman–Crippen LogP) is 5.07. The van der Waals surface area contributed by atoms with Crippen LogP contribution in [0.2, 0.25) is 0 Å². The molecule has 0 aliphatic carbocycles. The molecule has 2 aromatic carbocycles. The van der Waals surface area contributed by atoms with Crippen LogP contribution in [-0.2, 0) is 6.54 Å². The summed E-state index contributed by atoms with van der Waals surface area (Å²) in [5, 5.41) is 2.70. The molecule has 168 valence electrons. The number of amides is 2. The van der Waals surface area contributed by atoms with Crippen molar-refractivity contribution in [2.45, 2.75) is 32.8 Å². The first-order valence-electron chi connectivity index (χ1n) is 9.71. The van der Waals surface area contributed by atoms with Gasteiger partial charge in [-0.3, -0.25) is 0 Å². The zero-order valence-corrected chi connectivity index (χ0v) is 17.4. The van der Waals surface area contributed by atoms with Crippen molar-refractivity contribution in [3.8, 4) is 17.1 Å². The van der Waals surface area contributed by atoms with Gasteiger partial charge in [0.2, 0.25) is 0 Å². The zero-order valence-electron chi connectivity index (χ0n) is 17.4. The number of aromatic nitrogens is 2. The number of carbonyl (C=O) groups is 1. The Balaban J connectivity index is 1.71. The number of nitrogen functional groups attached to an aromatic ring is 1. The minimum absolute atomic E-state index is 0.140. The second kappa shape index (κ2) is 9.54. The summed E-state index contributed by atoms with van der Waals surface area (Å²) >= 11 is 0. The normalized spacial score (nSPS) is 11.3. The fourth-order valence-corrected chi connectivity index (χ4v) is 2.92. The summed E-state index contributed by atoms with van der Waals surface area (Å²) in [6.45, 7) is 4.04. The second-order valence-electron chi connectivity index (χ2n) is 7.26. The van der Waals surface area contributed by atoms with Gasteiger partial charge in [0, 0.05) is 23.8 Å². The van der Waals surface area contributed by atoms with E-state index in [1.807, 2.05) is 38.1 Å². The topological polar surface area (TPSA) is 93.4 Å². The van der Waals surface area contributed by atoms with Crippen LogP contribution in [0.15, 0.2) is 60.9 Å². The van der Waals surface area contributed by atoms with E-state index in [9.17, 15) is 18.0 Å². The van der Waals surface area contributed by atoms with Crippen molar-refractivity contribution in [3.63, 3.8) is 0 Å². The summed E-state index contributed by atoms with van der Waals surface area (Å²) in [5.74, 6) is 0.153. The fourth-order valence-electron chi connectivity index (χ4n) is 2.92. The van der Waals surface area contributed by atoms with Gasteiger partial charge in [-0.25, -0.2) is 14.8 Å². The zero-order chi connectivity index (χ0) is 23.3. The van der Waals surface area contributed by atoms with Gasteiger partial charge in [-0.2, -0.15) is 0 Å². The van der Waals surface area contributed by atoms with Gasteiger partial charge in [-0.05, 0) is 49.7 Å². The summed E-state index contributed by atoms with van der Waals surface area (Å²) in [5.41, 5.74) is 8.09. The highest BCUT2D eigenvalue weighted by Gasteiger charge is 2.31. The van der Waals surface area contributed by atoms with Gasteiger partial charge in [-0.1, -0.05) is 18.2 Å². The molecule has 3 rings (SSSR count). The van der Waals surface area contributed by atoms with E-state index in [4.69, 9.17) is 5.73 Å². The maximum absolute atomic E-state index is 12.8. The van der Waals surface area contributed by atoms with E-state index in [2.05, 4.69) is 20.0 Å². The molecule has 1 aromatic heterocycles. The molecule has 0 aliphatic heterocycles. The maximum atomic E-state index is 12.8. The number of ether oxygens (including phenoxy) is 1. The Kier molecular flexibility index (Phi) is 6.82. The molecule has 7 nitrogen and oxygen atoms in total. The van der Waals surface area contributed by atoms with Gasteiger partial charge >= 0.3 is 12.4 Å². The Bertz CT molecular complexity index is 1050. The van der Waals surface area contributed by atoms with Gasteiger partial charge in [-0.15, -0.1) is 13.2 Å². The number of anilines is 2. The highest BCUT2D eigenvalue weighted by atomic mass is 19.4. The molecule has 2 amide bonds. The number of nitrogens with two attached hydrogens (primary N) is 1. The standard InChI is InChI=1S/C22H22F3N5O2/c1-14(2)30(21(31)29-18-6-8-19(9-7-18)32-22(23,24)25)13-15-4-3-5-16(10-15)20-27-11-17(26)12-28-20/h3-12,14H,13,26H2,1-2H3,(H,29,31). The van der Waals surface area contributed by atoms with Gasteiger partial charge in [0.1, 0.15) is 5.75 Å². The average Bonchev–Trinajstić information content (AvgIpc) is 2.73. The number of halogens is 3. The van der Waals surface area contributed by atoms with Crippen molar-refractivity contribution < 1.29 is 22.7 Å². The minimum atomic E-state index is -4.77. The third-order valence-corrected chi connectivity index (χ3v) is 4.43. The molecule has 0 bridgehead atoms. The number of carbonyl (C=O) groups excluding carboxylic acids is 1. The van der Waals surface area contributed by atoms with Crippen molar-refractivity contribution in [3.05, 3.63) is 66.5 Å². The Hall–Kier alpha value is -3.82. The molecule has 10 heteroatoms. The van der Waals surface area contributed by atoms with E-state index >= 15 is 0 Å². The van der Waals surface area contributed by atoms with Crippen LogP contribution in [0.25, 0.3) is 11.4 Å². The Morgan fingerprint density at radius 1 is 1.12 bits per heavy atom. The molecule has 0 unspecified atom stereocenters. The molecule has 3 aromatic rings. The predicted molar refractivity (Wildman–Crippen MR) is 115 cm³/mol. The Morgan fingerprint density at radius 2 is 1.78 bits per heavy atom. The van der Waals surface area contributed by atoms with E-state index in [-0.39, 0.29) is 11.8 Å². The lowest BCUT2D eigenvalue weighted by Crippen LogP contribution is -2.39. The summed E-state index contributed by atoms with van der Waals surface area (Å²) in [6, 6.07) is 11.9. The molecule has 0 spiro atoms. The number of nitrogens with zero attached hydrogens (tertiary/aromatic N) is 3. The van der Waals surface area contributed by atoms with Gasteiger partial charge < -0.3 is 20.7 Å². The number of benzene rings is 2. The summed E-state index contributed by atoms with van der Waals surface area (Å²) < 4.78 is 40.7. The third kappa shape index (κ3) is 6.34. The van der Waals surface area contributed by atoms with E-state index in [0.29, 0.717) is 23.7 Å². The second-order valence-corrected chi connectivity index (χ2v) is 7.26. The lowest BCUT2D eigenvalue weighted by Gasteiger charge is -2.27. The summed E-state index contributed by atoms with van der Waals surface area (Å²) in [6.07, 6.45) is -1.73. The van der Waals surface area contributed by atoms with Crippen molar-refractivity contribution in [1.82, 2.24) is 14.9 Å². The van der Waals surface area contributed by atoms with E-state index in [1.165, 1.54) is 24.5 Å². The van der Waals surface area contributed by atoms with Crippen LogP contribution in [0.1, 0.15) is 19.4 Å². The summed E-state index contributed by atoms with van der Waals surface area (Å²) in [7, 11) is 0. The van der Waals surface area contributed by atoms with Crippen LogP contribution in [0.5, 0.6) is 5.75 Å². The lowest BCUT2D eigenvalue weighted by molar-refractivity contribution is -0.274. The Labute approximate surface area is 183 Å². The van der Waals surface area contributed by atoms with Gasteiger partial charge in [0.05, 0.1) is 18.1 Å². The molecular formula is C22H22F3N5O2. The first-order chi connectivity index (χ1) is 15.1. The molecule has 0 saturated carbocycles. The molecule has 3 N–H and O–H groups in total. The molecule has 0 fully saturated rings. The van der Waals surface area contributed by atoms with Crippen LogP contribution >= 0.6 is 0 Å². The van der Waals surface area contributed by atoms with Crippen LogP contribution < -0.4 is 15.8 Å². The number of nitrogens with one attached hydrogen (secondary N) is 1. The monoisotopic (exact) mass is 445 g/mol. The van der Waals surface area contributed by atoms with Crippen molar-refractivity contribution in [2.24, 2.45) is 0 Å². The molecule has 0 radical (unpaired) electrons. The number of hydrogen-bond donors (Lipinski definition) is 2. The minimum Gasteiger partial charge on any atom is -0.406 e. The molecule has 1 heterocycles. The average molecular weight is 445 g/mol. The fraction of sp³-hybridized carbons (Fsp3) is 0.227. The van der Waals surface area contributed by atoms with Crippen LogP contribution in [0.3, 0.4) is 0 Å². The smallest absolute Gasteiger partial charge is 0.406 e. The van der Waals surface area contributed by atoms with Crippen molar-refractivity contribution in [1.29, 1.82) is 0 Å². The van der Waals surface area contributed by atoms with Crippen LogP contribution in [-0.4, -0.2) is 33.3 Å². The molecule has 32 heavy (non-hydrogen) atoms. The highest BCUT2D eigenvalue weighted by molar-refractivity contribution is 5.89. The number of urea groups is 1. The molecule has 0 atom stereocenters. The highest BCUT2D eigenvalue weighted by Crippen LogP contribution is 2.24. The molecular weight excluding hydrogens is 423 g/mol. The van der Waals surface area contributed by atoms with Crippen molar-refractivity contribution in [2.75, 3.05) is 11.1 Å². The number of alkyl halides is 3. The van der Waals surface area contributed by atoms with E-state index < -0.39 is 12.4 Å². The summed E-state index contributed by atoms with van der Waals surface area (Å²) in [4.78, 5) is 22.9. The van der Waals surface area contributed by atoms with E-state index in [1.54, 1.807) is 4.90 Å². The maximum Gasteiger partial charge on any atom is 0.573 e. The molecule has 0 saturated heterocycles.